The normalized spacial score (nSPS) is 26.0. The minimum atomic E-state index is 0.263. The first-order valence-corrected chi connectivity index (χ1v) is 9.12. The summed E-state index contributed by atoms with van der Waals surface area (Å²) in [5.74, 6) is 1.98. The Labute approximate surface area is 139 Å². The highest BCUT2D eigenvalue weighted by Crippen LogP contribution is 2.29. The smallest absolute Gasteiger partial charge is 0.231 e. The number of nitrogens with zero attached hydrogens (tertiary/aromatic N) is 2. The van der Waals surface area contributed by atoms with Crippen LogP contribution in [0.2, 0.25) is 0 Å². The average Bonchev–Trinajstić information content (AvgIpc) is 3.23. The zero-order valence-electron chi connectivity index (χ0n) is 14.4. The van der Waals surface area contributed by atoms with Crippen LogP contribution < -0.4 is 10.2 Å². The van der Waals surface area contributed by atoms with Gasteiger partial charge in [-0.3, -0.25) is 4.79 Å². The second-order valence-corrected chi connectivity index (χ2v) is 6.64. The maximum Gasteiger partial charge on any atom is 0.231 e. The number of likely N-dealkylation sites (tertiary alicyclic amines) is 1. The molecule has 2 atom stereocenters. The summed E-state index contributed by atoms with van der Waals surface area (Å²) >= 11 is 0. The van der Waals surface area contributed by atoms with Crippen molar-refractivity contribution in [2.24, 2.45) is 11.8 Å². The number of benzene rings is 1. The topological polar surface area (TPSA) is 35.6 Å². The van der Waals surface area contributed by atoms with E-state index in [0.717, 1.165) is 37.0 Å². The SMILES string of the molecule is CC.O=C1Cc2ccccc2N1CCCN1C[C@H]2CNC[C@H]2C1. The zero-order chi connectivity index (χ0) is 16.2. The quantitative estimate of drug-likeness (QED) is 0.925. The summed E-state index contributed by atoms with van der Waals surface area (Å²) in [5, 5.41) is 3.48. The molecule has 0 saturated carbocycles. The standard InChI is InChI=1S/C17H23N3O.C2H6/c21-17-8-13-4-1-2-5-16(13)20(17)7-3-6-19-11-14-9-18-10-15(14)12-19;1-2/h1-2,4-5,14-15,18H,3,6-12H2;1-2H3/t14-,15+;. The number of amides is 1. The number of rotatable bonds is 4. The summed E-state index contributed by atoms with van der Waals surface area (Å²) in [4.78, 5) is 16.7. The van der Waals surface area contributed by atoms with Gasteiger partial charge in [0.15, 0.2) is 0 Å². The first kappa shape index (κ1) is 16.5. The van der Waals surface area contributed by atoms with E-state index in [9.17, 15) is 4.79 Å². The van der Waals surface area contributed by atoms with Crippen LogP contribution in [0.5, 0.6) is 0 Å². The Morgan fingerprint density at radius 3 is 2.52 bits per heavy atom. The average molecular weight is 315 g/mol. The highest BCUT2D eigenvalue weighted by Gasteiger charge is 2.35. The van der Waals surface area contributed by atoms with Crippen molar-refractivity contribution in [1.29, 1.82) is 0 Å². The van der Waals surface area contributed by atoms with Gasteiger partial charge in [0.2, 0.25) is 5.91 Å². The minimum Gasteiger partial charge on any atom is -0.316 e. The van der Waals surface area contributed by atoms with Crippen LogP contribution >= 0.6 is 0 Å². The third kappa shape index (κ3) is 3.43. The van der Waals surface area contributed by atoms with Crippen LogP contribution in [-0.2, 0) is 11.2 Å². The molecule has 0 spiro atoms. The van der Waals surface area contributed by atoms with Gasteiger partial charge >= 0.3 is 0 Å². The number of nitrogens with one attached hydrogen (secondary N) is 1. The largest absolute Gasteiger partial charge is 0.316 e. The van der Waals surface area contributed by atoms with Gasteiger partial charge in [-0.1, -0.05) is 32.0 Å². The predicted octanol–water partition coefficient (Wildman–Crippen LogP) is 2.14. The molecule has 0 aliphatic carbocycles. The predicted molar refractivity (Wildman–Crippen MR) is 94.8 cm³/mol. The van der Waals surface area contributed by atoms with Crippen molar-refractivity contribution in [2.45, 2.75) is 26.7 Å². The third-order valence-corrected chi connectivity index (χ3v) is 5.25. The fourth-order valence-electron chi connectivity index (χ4n) is 4.15. The van der Waals surface area contributed by atoms with Gasteiger partial charge in [0.05, 0.1) is 6.42 Å². The fraction of sp³-hybridized carbons (Fsp3) is 0.632. The Bertz CT molecular complexity index is 533. The molecule has 23 heavy (non-hydrogen) atoms. The molecule has 4 nitrogen and oxygen atoms in total. The van der Waals surface area contributed by atoms with Crippen LogP contribution in [0.1, 0.15) is 25.8 Å². The number of carbonyl (C=O) groups excluding carboxylic acids is 1. The van der Waals surface area contributed by atoms with E-state index in [4.69, 9.17) is 0 Å². The Morgan fingerprint density at radius 2 is 1.78 bits per heavy atom. The minimum absolute atomic E-state index is 0.263. The van der Waals surface area contributed by atoms with Crippen molar-refractivity contribution < 1.29 is 4.79 Å². The van der Waals surface area contributed by atoms with Crippen LogP contribution in [0.15, 0.2) is 24.3 Å². The molecule has 0 radical (unpaired) electrons. The molecule has 4 heteroatoms. The number of hydrogen-bond donors (Lipinski definition) is 1. The monoisotopic (exact) mass is 315 g/mol. The maximum absolute atomic E-state index is 12.1. The Morgan fingerprint density at radius 1 is 1.09 bits per heavy atom. The Kier molecular flexibility index (Phi) is 5.34. The van der Waals surface area contributed by atoms with Crippen molar-refractivity contribution in [2.75, 3.05) is 44.2 Å². The fourth-order valence-corrected chi connectivity index (χ4v) is 4.15. The van der Waals surface area contributed by atoms with E-state index in [1.165, 1.54) is 31.7 Å². The number of para-hydroxylation sites is 1. The molecule has 0 aromatic heterocycles. The Hall–Kier alpha value is -1.39. The van der Waals surface area contributed by atoms with Gasteiger partial charge in [-0.2, -0.15) is 0 Å². The molecule has 3 aliphatic heterocycles. The molecule has 4 rings (SSSR count). The summed E-state index contributed by atoms with van der Waals surface area (Å²) in [7, 11) is 0. The van der Waals surface area contributed by atoms with Crippen molar-refractivity contribution >= 4 is 11.6 Å². The summed E-state index contributed by atoms with van der Waals surface area (Å²) in [5.41, 5.74) is 2.31. The molecule has 1 amide bonds. The zero-order valence-corrected chi connectivity index (χ0v) is 14.4. The van der Waals surface area contributed by atoms with E-state index in [2.05, 4.69) is 22.3 Å². The van der Waals surface area contributed by atoms with Gasteiger partial charge in [0.1, 0.15) is 0 Å². The number of carbonyl (C=O) groups is 1. The lowest BCUT2D eigenvalue weighted by Crippen LogP contribution is -2.32. The lowest BCUT2D eigenvalue weighted by molar-refractivity contribution is -0.117. The molecular formula is C19H29N3O. The highest BCUT2D eigenvalue weighted by molar-refractivity contribution is 6.01. The summed E-state index contributed by atoms with van der Waals surface area (Å²) in [6.45, 7) is 10.8. The lowest BCUT2D eigenvalue weighted by Gasteiger charge is -2.21. The van der Waals surface area contributed by atoms with Crippen molar-refractivity contribution in [3.63, 3.8) is 0 Å². The van der Waals surface area contributed by atoms with Gasteiger partial charge in [0, 0.05) is 25.3 Å². The maximum atomic E-state index is 12.1. The summed E-state index contributed by atoms with van der Waals surface area (Å²) in [6.07, 6.45) is 1.66. The van der Waals surface area contributed by atoms with Gasteiger partial charge in [0.25, 0.3) is 0 Å². The van der Waals surface area contributed by atoms with E-state index >= 15 is 0 Å². The van der Waals surface area contributed by atoms with Crippen molar-refractivity contribution in [3.8, 4) is 0 Å². The second kappa shape index (κ2) is 7.45. The summed E-state index contributed by atoms with van der Waals surface area (Å²) < 4.78 is 0. The molecule has 0 bridgehead atoms. The van der Waals surface area contributed by atoms with Crippen LogP contribution in [-0.4, -0.2) is 50.1 Å². The Balaban J connectivity index is 0.000000753. The lowest BCUT2D eigenvalue weighted by atomic mass is 10.0. The molecule has 3 heterocycles. The van der Waals surface area contributed by atoms with Crippen LogP contribution in [0.3, 0.4) is 0 Å². The van der Waals surface area contributed by atoms with E-state index < -0.39 is 0 Å². The van der Waals surface area contributed by atoms with E-state index in [1.807, 2.05) is 30.9 Å². The molecular weight excluding hydrogens is 286 g/mol. The first-order valence-electron chi connectivity index (χ1n) is 9.12. The molecule has 3 aliphatic rings. The van der Waals surface area contributed by atoms with Crippen LogP contribution in [0, 0.1) is 11.8 Å². The summed E-state index contributed by atoms with van der Waals surface area (Å²) in [6, 6.07) is 8.19. The van der Waals surface area contributed by atoms with E-state index in [0.29, 0.717) is 6.42 Å². The third-order valence-electron chi connectivity index (χ3n) is 5.25. The van der Waals surface area contributed by atoms with Gasteiger partial charge < -0.3 is 15.1 Å². The van der Waals surface area contributed by atoms with Gasteiger partial charge in [-0.05, 0) is 49.5 Å². The number of fused-ring (bicyclic) bond motifs is 2. The molecule has 1 aromatic carbocycles. The second-order valence-electron chi connectivity index (χ2n) is 6.64. The highest BCUT2D eigenvalue weighted by atomic mass is 16.2. The molecule has 0 unspecified atom stereocenters. The first-order chi connectivity index (χ1) is 11.3. The number of hydrogen-bond acceptors (Lipinski definition) is 3. The van der Waals surface area contributed by atoms with Gasteiger partial charge in [-0.15, -0.1) is 0 Å². The van der Waals surface area contributed by atoms with Crippen molar-refractivity contribution in [1.82, 2.24) is 10.2 Å². The van der Waals surface area contributed by atoms with Gasteiger partial charge in [-0.25, -0.2) is 0 Å². The van der Waals surface area contributed by atoms with E-state index in [-0.39, 0.29) is 5.91 Å². The molecule has 1 N–H and O–H groups in total. The van der Waals surface area contributed by atoms with Crippen molar-refractivity contribution in [3.05, 3.63) is 29.8 Å². The van der Waals surface area contributed by atoms with E-state index in [1.54, 1.807) is 0 Å². The molecule has 1 aromatic rings. The number of anilines is 1. The van der Waals surface area contributed by atoms with Crippen LogP contribution in [0.25, 0.3) is 0 Å². The van der Waals surface area contributed by atoms with Crippen LogP contribution in [0.4, 0.5) is 5.69 Å². The molecule has 2 fully saturated rings. The molecule has 2 saturated heterocycles. The molecule has 126 valence electrons.